The lowest BCUT2D eigenvalue weighted by atomic mass is 9.74. The van der Waals surface area contributed by atoms with Crippen LogP contribution >= 0.6 is 11.6 Å². The van der Waals surface area contributed by atoms with Crippen LogP contribution in [0.15, 0.2) is 24.3 Å². The number of likely N-dealkylation sites (N-methyl/N-ethyl adjacent to an activating group) is 1. The molecule has 100 valence electrons. The van der Waals surface area contributed by atoms with Crippen molar-refractivity contribution in [1.82, 2.24) is 10.2 Å². The third-order valence-corrected chi connectivity index (χ3v) is 4.46. The summed E-state index contributed by atoms with van der Waals surface area (Å²) < 4.78 is 0. The van der Waals surface area contributed by atoms with Crippen molar-refractivity contribution in [3.63, 3.8) is 0 Å². The van der Waals surface area contributed by atoms with Crippen LogP contribution in [0, 0.1) is 0 Å². The van der Waals surface area contributed by atoms with Gasteiger partial charge in [-0.05, 0) is 58.1 Å². The zero-order valence-electron chi connectivity index (χ0n) is 11.4. The summed E-state index contributed by atoms with van der Waals surface area (Å²) in [6.07, 6.45) is 3.62. The normalized spacial score (nSPS) is 25.9. The minimum atomic E-state index is 0.192. The maximum atomic E-state index is 6.43. The molecule has 1 aliphatic heterocycles. The first-order valence-electron chi connectivity index (χ1n) is 6.76. The average Bonchev–Trinajstić information content (AvgIpc) is 2.54. The Morgan fingerprint density at radius 3 is 2.78 bits per heavy atom. The highest BCUT2D eigenvalue weighted by Gasteiger charge is 2.34. The van der Waals surface area contributed by atoms with E-state index in [2.05, 4.69) is 29.4 Å². The smallest absolute Gasteiger partial charge is 0.0444 e. The summed E-state index contributed by atoms with van der Waals surface area (Å²) in [6.45, 7) is 3.34. The molecule has 1 atom stereocenters. The van der Waals surface area contributed by atoms with Gasteiger partial charge in [-0.25, -0.2) is 0 Å². The van der Waals surface area contributed by atoms with E-state index in [0.717, 1.165) is 18.1 Å². The number of nitrogens with zero attached hydrogens (tertiary/aromatic N) is 1. The zero-order chi connectivity index (χ0) is 13.0. The molecule has 1 aromatic carbocycles. The summed E-state index contributed by atoms with van der Waals surface area (Å²) in [5.41, 5.74) is 1.51. The van der Waals surface area contributed by atoms with Crippen molar-refractivity contribution in [2.45, 2.75) is 24.7 Å². The molecule has 1 saturated heterocycles. The fraction of sp³-hybridized carbons (Fsp3) is 0.600. The Labute approximate surface area is 115 Å². The molecule has 1 aliphatic rings. The van der Waals surface area contributed by atoms with E-state index < -0.39 is 0 Å². The van der Waals surface area contributed by atoms with Crippen LogP contribution in [0.25, 0.3) is 0 Å². The third-order valence-electron chi connectivity index (χ3n) is 4.13. The van der Waals surface area contributed by atoms with Gasteiger partial charge in [-0.1, -0.05) is 29.8 Å². The van der Waals surface area contributed by atoms with Crippen molar-refractivity contribution in [2.24, 2.45) is 0 Å². The van der Waals surface area contributed by atoms with Crippen LogP contribution in [-0.2, 0) is 5.41 Å². The van der Waals surface area contributed by atoms with Crippen LogP contribution in [0.1, 0.15) is 24.8 Å². The largest absolute Gasteiger partial charge is 0.319 e. The first-order chi connectivity index (χ1) is 8.68. The van der Waals surface area contributed by atoms with Crippen LogP contribution in [0.5, 0.6) is 0 Å². The Morgan fingerprint density at radius 2 is 2.06 bits per heavy atom. The highest BCUT2D eigenvalue weighted by molar-refractivity contribution is 6.31. The molecule has 0 amide bonds. The maximum absolute atomic E-state index is 6.43. The topological polar surface area (TPSA) is 15.3 Å². The second-order valence-corrected chi connectivity index (χ2v) is 5.85. The van der Waals surface area contributed by atoms with Gasteiger partial charge >= 0.3 is 0 Å². The van der Waals surface area contributed by atoms with Crippen molar-refractivity contribution < 1.29 is 0 Å². The van der Waals surface area contributed by atoms with Crippen molar-refractivity contribution in [3.8, 4) is 0 Å². The van der Waals surface area contributed by atoms with Crippen LogP contribution < -0.4 is 5.32 Å². The number of rotatable bonds is 3. The molecule has 1 fully saturated rings. The summed E-state index contributed by atoms with van der Waals surface area (Å²) in [6, 6.07) is 8.34. The van der Waals surface area contributed by atoms with Gasteiger partial charge in [0.1, 0.15) is 0 Å². The van der Waals surface area contributed by atoms with E-state index in [1.807, 2.05) is 19.2 Å². The highest BCUT2D eigenvalue weighted by atomic mass is 35.5. The molecule has 0 radical (unpaired) electrons. The lowest BCUT2D eigenvalue weighted by Crippen LogP contribution is -2.38. The fourth-order valence-electron chi connectivity index (χ4n) is 3.10. The second-order valence-electron chi connectivity index (χ2n) is 5.45. The van der Waals surface area contributed by atoms with Crippen molar-refractivity contribution in [1.29, 1.82) is 0 Å². The molecule has 0 spiro atoms. The Balaban J connectivity index is 2.34. The van der Waals surface area contributed by atoms with E-state index in [4.69, 9.17) is 11.6 Å². The van der Waals surface area contributed by atoms with E-state index >= 15 is 0 Å². The first-order valence-corrected chi connectivity index (χ1v) is 7.14. The zero-order valence-corrected chi connectivity index (χ0v) is 12.1. The van der Waals surface area contributed by atoms with Gasteiger partial charge in [-0.2, -0.15) is 0 Å². The summed E-state index contributed by atoms with van der Waals surface area (Å²) >= 11 is 6.43. The van der Waals surface area contributed by atoms with Gasteiger partial charge in [0.05, 0.1) is 0 Å². The SMILES string of the molecule is CNCC1(c2ccccc2Cl)CCCN(C)CC1. The van der Waals surface area contributed by atoms with Crippen LogP contribution in [-0.4, -0.2) is 38.6 Å². The van der Waals surface area contributed by atoms with E-state index in [-0.39, 0.29) is 5.41 Å². The first kappa shape index (κ1) is 13.9. The van der Waals surface area contributed by atoms with Gasteiger partial charge < -0.3 is 10.2 Å². The molecule has 0 saturated carbocycles. The molecule has 2 nitrogen and oxygen atoms in total. The molecule has 1 N–H and O–H groups in total. The molecular formula is C15H23ClN2. The van der Waals surface area contributed by atoms with Gasteiger partial charge in [-0.15, -0.1) is 0 Å². The van der Waals surface area contributed by atoms with Gasteiger partial charge in [0.15, 0.2) is 0 Å². The minimum absolute atomic E-state index is 0.192. The van der Waals surface area contributed by atoms with Crippen LogP contribution in [0.3, 0.4) is 0 Å². The molecule has 0 aromatic heterocycles. The summed E-state index contributed by atoms with van der Waals surface area (Å²) in [5, 5.41) is 4.28. The Hall–Kier alpha value is -0.570. The fourth-order valence-corrected chi connectivity index (χ4v) is 3.44. The monoisotopic (exact) mass is 266 g/mol. The Morgan fingerprint density at radius 1 is 1.28 bits per heavy atom. The molecule has 2 rings (SSSR count). The van der Waals surface area contributed by atoms with Crippen LogP contribution in [0.2, 0.25) is 5.02 Å². The van der Waals surface area contributed by atoms with Gasteiger partial charge in [-0.3, -0.25) is 0 Å². The highest BCUT2D eigenvalue weighted by Crippen LogP contribution is 2.38. The molecule has 1 aromatic rings. The van der Waals surface area contributed by atoms with Crippen molar-refractivity contribution >= 4 is 11.6 Å². The number of nitrogens with one attached hydrogen (secondary N) is 1. The number of halogens is 1. The van der Waals surface area contributed by atoms with E-state index in [0.29, 0.717) is 0 Å². The lowest BCUT2D eigenvalue weighted by molar-refractivity contribution is 0.322. The van der Waals surface area contributed by atoms with E-state index in [9.17, 15) is 0 Å². The predicted octanol–water partition coefficient (Wildman–Crippen LogP) is 2.91. The number of likely N-dealkylation sites (tertiary alicyclic amines) is 1. The van der Waals surface area contributed by atoms with Gasteiger partial charge in [0.2, 0.25) is 0 Å². The summed E-state index contributed by atoms with van der Waals surface area (Å²) in [4.78, 5) is 2.42. The van der Waals surface area contributed by atoms with E-state index in [1.165, 1.54) is 31.4 Å². The number of benzene rings is 1. The standard InChI is InChI=1S/C15H23ClN2/c1-17-12-15(8-5-10-18(2)11-9-15)13-6-3-4-7-14(13)16/h3-4,6-7,17H,5,8-12H2,1-2H3. The molecule has 0 aliphatic carbocycles. The van der Waals surface area contributed by atoms with Gasteiger partial charge in [0.25, 0.3) is 0 Å². The maximum Gasteiger partial charge on any atom is 0.0444 e. The lowest BCUT2D eigenvalue weighted by Gasteiger charge is -2.34. The van der Waals surface area contributed by atoms with Crippen LogP contribution in [0.4, 0.5) is 0 Å². The Kier molecular flexibility index (Phi) is 4.66. The van der Waals surface area contributed by atoms with Gasteiger partial charge in [0, 0.05) is 17.0 Å². The van der Waals surface area contributed by atoms with Crippen molar-refractivity contribution in [2.75, 3.05) is 33.7 Å². The number of hydrogen-bond acceptors (Lipinski definition) is 2. The average molecular weight is 267 g/mol. The van der Waals surface area contributed by atoms with Crippen molar-refractivity contribution in [3.05, 3.63) is 34.9 Å². The predicted molar refractivity (Wildman–Crippen MR) is 78.4 cm³/mol. The minimum Gasteiger partial charge on any atom is -0.319 e. The second kappa shape index (κ2) is 6.05. The Bertz CT molecular complexity index is 394. The molecule has 1 heterocycles. The summed E-state index contributed by atoms with van der Waals surface area (Å²) in [7, 11) is 4.25. The molecule has 0 bridgehead atoms. The molecule has 3 heteroatoms. The molecule has 18 heavy (non-hydrogen) atoms. The third kappa shape index (κ3) is 2.87. The summed E-state index contributed by atoms with van der Waals surface area (Å²) in [5.74, 6) is 0. The number of hydrogen-bond donors (Lipinski definition) is 1. The molecule has 1 unspecified atom stereocenters. The van der Waals surface area contributed by atoms with E-state index in [1.54, 1.807) is 0 Å². The molecular weight excluding hydrogens is 244 g/mol. The quantitative estimate of drug-likeness (QED) is 0.905.